The minimum atomic E-state index is 0.264. The molecule has 0 aliphatic heterocycles. The first kappa shape index (κ1) is 9.71. The molecular weight excluding hydrogens is 186 g/mol. The number of carbonyl (C=O) groups is 1. The zero-order chi connectivity index (χ0) is 10.7. The largest absolute Gasteiger partial charge is 0.346 e. The molecule has 0 aliphatic rings. The van der Waals surface area contributed by atoms with E-state index in [-0.39, 0.29) is 6.04 Å². The Morgan fingerprint density at radius 1 is 1.20 bits per heavy atom. The highest BCUT2D eigenvalue weighted by atomic mass is 16.1. The fourth-order valence-corrected chi connectivity index (χ4v) is 1.64. The Morgan fingerprint density at radius 3 is 2.53 bits per heavy atom. The SMILES string of the molecule is CC(c1ccccc1)n1ccc(C=O)c1. The van der Waals surface area contributed by atoms with Crippen molar-refractivity contribution in [2.45, 2.75) is 13.0 Å². The molecule has 2 rings (SSSR count). The van der Waals surface area contributed by atoms with Crippen LogP contribution in [0.2, 0.25) is 0 Å². The lowest BCUT2D eigenvalue weighted by Crippen LogP contribution is -2.03. The van der Waals surface area contributed by atoms with Crippen LogP contribution in [-0.2, 0) is 0 Å². The minimum absolute atomic E-state index is 0.264. The van der Waals surface area contributed by atoms with Crippen molar-refractivity contribution in [3.63, 3.8) is 0 Å². The van der Waals surface area contributed by atoms with Crippen molar-refractivity contribution in [3.05, 3.63) is 59.9 Å². The van der Waals surface area contributed by atoms with Gasteiger partial charge >= 0.3 is 0 Å². The van der Waals surface area contributed by atoms with Gasteiger partial charge in [-0.05, 0) is 18.6 Å². The number of hydrogen-bond donors (Lipinski definition) is 0. The number of benzene rings is 1. The quantitative estimate of drug-likeness (QED) is 0.697. The lowest BCUT2D eigenvalue weighted by molar-refractivity contribution is 0.112. The Balaban J connectivity index is 2.28. The summed E-state index contributed by atoms with van der Waals surface area (Å²) in [6.45, 7) is 2.11. The summed E-state index contributed by atoms with van der Waals surface area (Å²) < 4.78 is 2.04. The highest BCUT2D eigenvalue weighted by molar-refractivity contribution is 5.74. The zero-order valence-electron chi connectivity index (χ0n) is 8.63. The summed E-state index contributed by atoms with van der Waals surface area (Å²) in [6, 6.07) is 12.3. The van der Waals surface area contributed by atoms with Gasteiger partial charge in [-0.25, -0.2) is 0 Å². The van der Waals surface area contributed by atoms with Crippen LogP contribution in [0.25, 0.3) is 0 Å². The molecule has 0 amide bonds. The van der Waals surface area contributed by atoms with E-state index in [9.17, 15) is 4.79 Å². The lowest BCUT2D eigenvalue weighted by atomic mass is 10.1. The van der Waals surface area contributed by atoms with Crippen molar-refractivity contribution in [1.29, 1.82) is 0 Å². The van der Waals surface area contributed by atoms with Crippen LogP contribution in [0.4, 0.5) is 0 Å². The Labute approximate surface area is 89.2 Å². The molecule has 0 bridgehead atoms. The molecule has 0 spiro atoms. The van der Waals surface area contributed by atoms with E-state index in [4.69, 9.17) is 0 Å². The van der Waals surface area contributed by atoms with E-state index < -0.39 is 0 Å². The maximum Gasteiger partial charge on any atom is 0.151 e. The predicted molar refractivity (Wildman–Crippen MR) is 60.1 cm³/mol. The van der Waals surface area contributed by atoms with Crippen LogP contribution in [0.1, 0.15) is 28.9 Å². The fraction of sp³-hybridized carbons (Fsp3) is 0.154. The third-order valence-electron chi connectivity index (χ3n) is 2.60. The van der Waals surface area contributed by atoms with Gasteiger partial charge in [0.05, 0.1) is 6.04 Å². The molecule has 76 valence electrons. The number of nitrogens with zero attached hydrogens (tertiary/aromatic N) is 1. The lowest BCUT2D eigenvalue weighted by Gasteiger charge is -2.13. The van der Waals surface area contributed by atoms with E-state index in [0.717, 1.165) is 11.8 Å². The summed E-state index contributed by atoms with van der Waals surface area (Å²) in [4.78, 5) is 10.6. The van der Waals surface area contributed by atoms with Crippen LogP contribution < -0.4 is 0 Å². The fourth-order valence-electron chi connectivity index (χ4n) is 1.64. The molecule has 1 unspecified atom stereocenters. The Kier molecular flexibility index (Phi) is 2.68. The molecule has 2 aromatic rings. The summed E-state index contributed by atoms with van der Waals surface area (Å²) in [6.07, 6.45) is 4.67. The summed E-state index contributed by atoms with van der Waals surface area (Å²) in [5, 5.41) is 0. The van der Waals surface area contributed by atoms with Gasteiger partial charge < -0.3 is 4.57 Å². The van der Waals surface area contributed by atoms with Crippen LogP contribution in [0.5, 0.6) is 0 Å². The summed E-state index contributed by atoms with van der Waals surface area (Å²) >= 11 is 0. The molecule has 0 radical (unpaired) electrons. The maximum absolute atomic E-state index is 10.6. The Bertz CT molecular complexity index is 445. The van der Waals surface area contributed by atoms with Crippen molar-refractivity contribution in [3.8, 4) is 0 Å². The van der Waals surface area contributed by atoms with Crippen molar-refractivity contribution in [1.82, 2.24) is 4.57 Å². The normalized spacial score (nSPS) is 12.3. The summed E-state index contributed by atoms with van der Waals surface area (Å²) in [7, 11) is 0. The number of hydrogen-bond acceptors (Lipinski definition) is 1. The third kappa shape index (κ3) is 1.99. The summed E-state index contributed by atoms with van der Waals surface area (Å²) in [5.74, 6) is 0. The van der Waals surface area contributed by atoms with E-state index in [1.807, 2.05) is 41.2 Å². The molecule has 2 heteroatoms. The predicted octanol–water partition coefficient (Wildman–Crippen LogP) is 2.91. The van der Waals surface area contributed by atoms with Gasteiger partial charge in [0.1, 0.15) is 0 Å². The number of aldehydes is 1. The molecule has 1 atom stereocenters. The van der Waals surface area contributed by atoms with Gasteiger partial charge in [-0.2, -0.15) is 0 Å². The minimum Gasteiger partial charge on any atom is -0.346 e. The highest BCUT2D eigenvalue weighted by Crippen LogP contribution is 2.17. The third-order valence-corrected chi connectivity index (χ3v) is 2.60. The van der Waals surface area contributed by atoms with Gasteiger partial charge in [-0.3, -0.25) is 4.79 Å². The van der Waals surface area contributed by atoms with Gasteiger partial charge in [0.15, 0.2) is 6.29 Å². The standard InChI is InChI=1S/C13H13NO/c1-11(13-5-3-2-4-6-13)14-8-7-12(9-14)10-15/h2-11H,1H3. The van der Waals surface area contributed by atoms with Crippen LogP contribution in [0.3, 0.4) is 0 Å². The van der Waals surface area contributed by atoms with Crippen molar-refractivity contribution in [2.75, 3.05) is 0 Å². The molecule has 0 N–H and O–H groups in total. The van der Waals surface area contributed by atoms with Crippen LogP contribution >= 0.6 is 0 Å². The van der Waals surface area contributed by atoms with Crippen molar-refractivity contribution >= 4 is 6.29 Å². The van der Waals surface area contributed by atoms with Crippen molar-refractivity contribution in [2.24, 2.45) is 0 Å². The Morgan fingerprint density at radius 2 is 1.93 bits per heavy atom. The first-order valence-corrected chi connectivity index (χ1v) is 4.99. The van der Waals surface area contributed by atoms with Crippen LogP contribution in [0.15, 0.2) is 48.8 Å². The van der Waals surface area contributed by atoms with E-state index in [2.05, 4.69) is 19.1 Å². The summed E-state index contributed by atoms with van der Waals surface area (Å²) in [5.41, 5.74) is 1.96. The second-order valence-electron chi connectivity index (χ2n) is 3.60. The average molecular weight is 199 g/mol. The second kappa shape index (κ2) is 4.13. The number of aromatic nitrogens is 1. The molecule has 1 heterocycles. The monoisotopic (exact) mass is 199 g/mol. The molecule has 15 heavy (non-hydrogen) atoms. The maximum atomic E-state index is 10.6. The van der Waals surface area contributed by atoms with Gasteiger partial charge in [0.25, 0.3) is 0 Å². The first-order chi connectivity index (χ1) is 7.31. The van der Waals surface area contributed by atoms with E-state index >= 15 is 0 Å². The molecule has 1 aromatic heterocycles. The van der Waals surface area contributed by atoms with Crippen LogP contribution in [-0.4, -0.2) is 10.9 Å². The van der Waals surface area contributed by atoms with Gasteiger partial charge in [-0.1, -0.05) is 30.3 Å². The molecule has 2 nitrogen and oxygen atoms in total. The molecule has 0 aliphatic carbocycles. The van der Waals surface area contributed by atoms with Crippen molar-refractivity contribution < 1.29 is 4.79 Å². The highest BCUT2D eigenvalue weighted by Gasteiger charge is 2.06. The molecule has 1 aromatic carbocycles. The van der Waals surface area contributed by atoms with E-state index in [1.54, 1.807) is 0 Å². The smallest absolute Gasteiger partial charge is 0.151 e. The topological polar surface area (TPSA) is 22.0 Å². The van der Waals surface area contributed by atoms with E-state index in [1.165, 1.54) is 5.56 Å². The molecule has 0 saturated carbocycles. The first-order valence-electron chi connectivity index (χ1n) is 4.99. The average Bonchev–Trinajstić information content (AvgIpc) is 2.78. The van der Waals surface area contributed by atoms with Gasteiger partial charge in [0.2, 0.25) is 0 Å². The van der Waals surface area contributed by atoms with Gasteiger partial charge in [-0.15, -0.1) is 0 Å². The molecular formula is C13H13NO. The number of carbonyl (C=O) groups excluding carboxylic acids is 1. The van der Waals surface area contributed by atoms with E-state index in [0.29, 0.717) is 0 Å². The molecule has 0 saturated heterocycles. The molecule has 0 fully saturated rings. The second-order valence-corrected chi connectivity index (χ2v) is 3.60. The number of rotatable bonds is 3. The van der Waals surface area contributed by atoms with Crippen LogP contribution in [0, 0.1) is 0 Å². The zero-order valence-corrected chi connectivity index (χ0v) is 8.63. The van der Waals surface area contributed by atoms with Gasteiger partial charge in [0, 0.05) is 18.0 Å². The Hall–Kier alpha value is -1.83.